The minimum Gasteiger partial charge on any atom is -0.453 e. The van der Waals surface area contributed by atoms with E-state index in [-0.39, 0.29) is 6.10 Å². The van der Waals surface area contributed by atoms with Crippen molar-refractivity contribution in [2.75, 3.05) is 0 Å². The summed E-state index contributed by atoms with van der Waals surface area (Å²) in [4.78, 5) is 28.3. The van der Waals surface area contributed by atoms with Gasteiger partial charge in [-0.15, -0.1) is 0 Å². The maximum absolute atomic E-state index is 11.0. The van der Waals surface area contributed by atoms with Crippen LogP contribution < -0.4 is 0 Å². The fraction of sp³-hybridized carbons (Fsp3) is 0.900. The quantitative estimate of drug-likeness (QED) is 0.648. The van der Waals surface area contributed by atoms with Crippen molar-refractivity contribution in [3.63, 3.8) is 0 Å². The fourth-order valence-corrected chi connectivity index (χ4v) is 1.62. The third-order valence-corrected chi connectivity index (χ3v) is 2.85. The number of unbranched alkanes of at least 4 members (excludes halogenated alkanes) is 2. The predicted octanol–water partition coefficient (Wildman–Crippen LogP) is 3.05. The van der Waals surface area contributed by atoms with Crippen molar-refractivity contribution in [1.29, 1.82) is 0 Å². The Morgan fingerprint density at radius 2 is 1.62 bits per heavy atom. The zero-order valence-corrected chi connectivity index (χ0v) is 10.8. The lowest BCUT2D eigenvalue weighted by Gasteiger charge is -2.17. The van der Waals surface area contributed by atoms with Crippen LogP contribution in [0.2, 0.25) is 0 Å². The van der Waals surface area contributed by atoms with Gasteiger partial charge < -0.3 is 14.5 Å². The number of ether oxygens (including phenoxy) is 1. The first kappa shape index (κ1) is 15.6. The lowest BCUT2D eigenvalue weighted by Crippen LogP contribution is -2.17. The normalized spacial score (nSPS) is 11.8. The smallest absolute Gasteiger partial charge is 0.433 e. The maximum atomic E-state index is 11.0. The molecule has 0 aliphatic carbocycles. The fourth-order valence-electron chi connectivity index (χ4n) is 1.34. The van der Waals surface area contributed by atoms with Gasteiger partial charge in [0, 0.05) is 0 Å². The summed E-state index contributed by atoms with van der Waals surface area (Å²) in [6.45, 7) is 4.03. The summed E-state index contributed by atoms with van der Waals surface area (Å²) in [6.07, 6.45) is 4.70. The largest absolute Gasteiger partial charge is 0.453 e. The number of hydrogen-bond donors (Lipinski definition) is 2. The molecule has 0 heterocycles. The molecule has 5 nitrogen and oxygen atoms in total. The highest BCUT2D eigenvalue weighted by Crippen LogP contribution is 2.38. The van der Waals surface area contributed by atoms with Crippen molar-refractivity contribution in [2.24, 2.45) is 0 Å². The molecule has 16 heavy (non-hydrogen) atoms. The molecule has 0 fully saturated rings. The molecule has 6 heteroatoms. The van der Waals surface area contributed by atoms with E-state index >= 15 is 0 Å². The number of rotatable bonds is 8. The SMILES string of the molecule is CCCCC(CCCC)OC(=O)P(=O)(O)O. The highest BCUT2D eigenvalue weighted by Gasteiger charge is 2.30. The number of carbonyl (C=O) groups is 1. The first-order chi connectivity index (χ1) is 7.41. The van der Waals surface area contributed by atoms with E-state index in [0.717, 1.165) is 25.7 Å². The maximum Gasteiger partial charge on any atom is 0.433 e. The van der Waals surface area contributed by atoms with Crippen molar-refractivity contribution in [2.45, 2.75) is 58.5 Å². The summed E-state index contributed by atoms with van der Waals surface area (Å²) >= 11 is 0. The monoisotopic (exact) mass is 252 g/mol. The lowest BCUT2D eigenvalue weighted by molar-refractivity contribution is 0.0997. The summed E-state index contributed by atoms with van der Waals surface area (Å²) in [6, 6.07) is 0. The van der Waals surface area contributed by atoms with Gasteiger partial charge in [-0.05, 0) is 12.8 Å². The zero-order chi connectivity index (χ0) is 12.6. The summed E-state index contributed by atoms with van der Waals surface area (Å²) in [7, 11) is -4.74. The minimum absolute atomic E-state index is 0.361. The Bertz CT molecular complexity index is 240. The van der Waals surface area contributed by atoms with Gasteiger partial charge in [-0.1, -0.05) is 39.5 Å². The molecular weight excluding hydrogens is 231 g/mol. The van der Waals surface area contributed by atoms with E-state index in [0.29, 0.717) is 12.8 Å². The van der Waals surface area contributed by atoms with E-state index in [1.54, 1.807) is 0 Å². The van der Waals surface area contributed by atoms with Crippen molar-refractivity contribution in [3.8, 4) is 0 Å². The second-order valence-electron chi connectivity index (χ2n) is 3.83. The van der Waals surface area contributed by atoms with E-state index in [1.807, 2.05) is 13.8 Å². The molecule has 0 atom stereocenters. The van der Waals surface area contributed by atoms with Gasteiger partial charge in [0.2, 0.25) is 0 Å². The molecule has 0 aliphatic heterocycles. The summed E-state index contributed by atoms with van der Waals surface area (Å²) < 4.78 is 15.5. The molecule has 0 radical (unpaired) electrons. The summed E-state index contributed by atoms with van der Waals surface area (Å²) in [5.74, 6) is 0. The molecule has 0 saturated carbocycles. The standard InChI is InChI=1S/C10H21O5P/c1-3-5-7-9(8-6-4-2)15-10(11)16(12,13)14/h9H,3-8H2,1-2H3,(H2,12,13,14). The third kappa shape index (κ3) is 6.99. The molecule has 2 N–H and O–H groups in total. The molecule has 0 aromatic carbocycles. The molecule has 0 spiro atoms. The number of carbonyl (C=O) groups excluding carboxylic acids is 1. The second kappa shape index (κ2) is 7.82. The molecule has 0 saturated heterocycles. The molecule has 0 aliphatic rings. The molecule has 0 aromatic heterocycles. The Morgan fingerprint density at radius 3 is 1.94 bits per heavy atom. The highest BCUT2D eigenvalue weighted by atomic mass is 31.2. The van der Waals surface area contributed by atoms with Crippen LogP contribution in [-0.4, -0.2) is 21.6 Å². The molecule has 0 aromatic rings. The molecule has 0 bridgehead atoms. The Labute approximate surface area is 96.4 Å². The first-order valence-electron chi connectivity index (χ1n) is 5.68. The van der Waals surface area contributed by atoms with Gasteiger partial charge in [0.25, 0.3) is 0 Å². The van der Waals surface area contributed by atoms with Crippen LogP contribution in [0.4, 0.5) is 4.79 Å². The summed E-state index contributed by atoms with van der Waals surface area (Å²) in [5, 5.41) is 0. The van der Waals surface area contributed by atoms with E-state index in [9.17, 15) is 9.36 Å². The molecule has 0 amide bonds. The van der Waals surface area contributed by atoms with Crippen LogP contribution in [0.15, 0.2) is 0 Å². The average molecular weight is 252 g/mol. The molecular formula is C10H21O5P. The van der Waals surface area contributed by atoms with Crippen LogP contribution >= 0.6 is 7.60 Å². The van der Waals surface area contributed by atoms with Gasteiger partial charge in [-0.3, -0.25) is 0 Å². The van der Waals surface area contributed by atoms with Gasteiger partial charge in [0.1, 0.15) is 6.10 Å². The van der Waals surface area contributed by atoms with E-state index < -0.39 is 13.3 Å². The number of hydrogen-bond acceptors (Lipinski definition) is 3. The van der Waals surface area contributed by atoms with Gasteiger partial charge in [-0.25, -0.2) is 9.36 Å². The Kier molecular flexibility index (Phi) is 7.64. The average Bonchev–Trinajstić information content (AvgIpc) is 2.20. The minimum atomic E-state index is -4.74. The third-order valence-electron chi connectivity index (χ3n) is 2.26. The lowest BCUT2D eigenvalue weighted by atomic mass is 10.1. The van der Waals surface area contributed by atoms with Gasteiger partial charge in [0.15, 0.2) is 0 Å². The van der Waals surface area contributed by atoms with Crippen molar-refractivity contribution >= 4 is 13.3 Å². The van der Waals surface area contributed by atoms with Crippen LogP contribution in [0.3, 0.4) is 0 Å². The van der Waals surface area contributed by atoms with Gasteiger partial charge in [0.05, 0.1) is 0 Å². The van der Waals surface area contributed by atoms with Crippen LogP contribution in [0.25, 0.3) is 0 Å². The second-order valence-corrected chi connectivity index (χ2v) is 5.29. The van der Waals surface area contributed by atoms with Crippen molar-refractivity contribution in [1.82, 2.24) is 0 Å². The Balaban J connectivity index is 4.18. The van der Waals surface area contributed by atoms with E-state index in [1.165, 1.54) is 0 Å². The zero-order valence-electron chi connectivity index (χ0n) is 9.89. The highest BCUT2D eigenvalue weighted by molar-refractivity contribution is 7.69. The van der Waals surface area contributed by atoms with Crippen LogP contribution in [0.1, 0.15) is 52.4 Å². The van der Waals surface area contributed by atoms with Gasteiger partial charge in [-0.2, -0.15) is 0 Å². The Hall–Kier alpha value is -0.380. The van der Waals surface area contributed by atoms with Crippen molar-refractivity contribution < 1.29 is 23.9 Å². The molecule has 96 valence electrons. The summed E-state index contributed by atoms with van der Waals surface area (Å²) in [5.41, 5.74) is -1.40. The van der Waals surface area contributed by atoms with Crippen LogP contribution in [0.5, 0.6) is 0 Å². The predicted molar refractivity (Wildman–Crippen MR) is 61.4 cm³/mol. The van der Waals surface area contributed by atoms with Crippen LogP contribution in [-0.2, 0) is 9.30 Å². The molecule has 0 unspecified atom stereocenters. The van der Waals surface area contributed by atoms with Gasteiger partial charge >= 0.3 is 13.3 Å². The van der Waals surface area contributed by atoms with E-state index in [4.69, 9.17) is 14.5 Å². The first-order valence-corrected chi connectivity index (χ1v) is 7.29. The molecule has 0 rings (SSSR count). The van der Waals surface area contributed by atoms with Crippen molar-refractivity contribution in [3.05, 3.63) is 0 Å². The topological polar surface area (TPSA) is 83.8 Å². The Morgan fingerprint density at radius 1 is 1.19 bits per heavy atom. The van der Waals surface area contributed by atoms with E-state index in [2.05, 4.69) is 0 Å². The van der Waals surface area contributed by atoms with Crippen LogP contribution in [0, 0.1) is 0 Å².